The Kier molecular flexibility index (Phi) is 5.01. The maximum absolute atomic E-state index is 12.3. The molecule has 1 aromatic carbocycles. The standard InChI is InChI=1S/C15H18BrN3O2/c1-4-21-15(20)14(13-9(2)18-19-10(13)3)17-12-7-5-11(16)6-8-12/h5-8,14,17H,4H2,1-3H3,(H,18,19). The number of aryl methyl sites for hydroxylation is 2. The lowest BCUT2D eigenvalue weighted by atomic mass is 10.0. The van der Waals surface area contributed by atoms with Crippen molar-refractivity contribution in [3.05, 3.63) is 45.7 Å². The van der Waals surface area contributed by atoms with Crippen LogP contribution in [-0.4, -0.2) is 22.8 Å². The monoisotopic (exact) mass is 351 g/mol. The van der Waals surface area contributed by atoms with E-state index in [2.05, 4.69) is 31.4 Å². The molecule has 5 nitrogen and oxygen atoms in total. The topological polar surface area (TPSA) is 67.0 Å². The van der Waals surface area contributed by atoms with E-state index in [4.69, 9.17) is 4.74 Å². The van der Waals surface area contributed by atoms with E-state index in [1.165, 1.54) is 0 Å². The van der Waals surface area contributed by atoms with Crippen LogP contribution >= 0.6 is 15.9 Å². The molecule has 0 fully saturated rings. The number of nitrogens with zero attached hydrogens (tertiary/aromatic N) is 1. The average Bonchev–Trinajstić information content (AvgIpc) is 2.78. The van der Waals surface area contributed by atoms with Crippen LogP contribution in [0.25, 0.3) is 0 Å². The Morgan fingerprint density at radius 1 is 1.38 bits per heavy atom. The van der Waals surface area contributed by atoms with Crippen LogP contribution in [0.5, 0.6) is 0 Å². The summed E-state index contributed by atoms with van der Waals surface area (Å²) in [6.45, 7) is 5.90. The van der Waals surface area contributed by atoms with Crippen molar-refractivity contribution in [3.8, 4) is 0 Å². The van der Waals surface area contributed by atoms with Crippen LogP contribution in [0, 0.1) is 13.8 Å². The number of anilines is 1. The molecule has 21 heavy (non-hydrogen) atoms. The summed E-state index contributed by atoms with van der Waals surface area (Å²) in [6.07, 6.45) is 0. The Labute approximate surface area is 132 Å². The summed E-state index contributed by atoms with van der Waals surface area (Å²) in [5, 5.41) is 10.3. The second-order valence-electron chi connectivity index (χ2n) is 4.68. The largest absolute Gasteiger partial charge is 0.464 e. The summed E-state index contributed by atoms with van der Waals surface area (Å²) < 4.78 is 6.16. The number of hydrogen-bond donors (Lipinski definition) is 2. The molecular formula is C15H18BrN3O2. The number of carbonyl (C=O) groups is 1. The molecule has 0 saturated heterocycles. The second-order valence-corrected chi connectivity index (χ2v) is 5.60. The van der Waals surface area contributed by atoms with Crippen LogP contribution in [0.2, 0.25) is 0 Å². The predicted octanol–water partition coefficient (Wildman–Crippen LogP) is 3.51. The first-order valence-electron chi connectivity index (χ1n) is 6.73. The number of ether oxygens (including phenoxy) is 1. The van der Waals surface area contributed by atoms with Crippen molar-refractivity contribution >= 4 is 27.6 Å². The molecule has 0 saturated carbocycles. The SMILES string of the molecule is CCOC(=O)C(Nc1ccc(Br)cc1)c1c(C)n[nH]c1C. The van der Waals surface area contributed by atoms with Crippen molar-refractivity contribution in [2.45, 2.75) is 26.8 Å². The minimum atomic E-state index is -0.579. The predicted molar refractivity (Wildman–Crippen MR) is 85.2 cm³/mol. The number of rotatable bonds is 5. The number of hydrogen-bond acceptors (Lipinski definition) is 4. The van der Waals surface area contributed by atoms with Gasteiger partial charge in [-0.05, 0) is 45.0 Å². The van der Waals surface area contributed by atoms with Gasteiger partial charge in [0.2, 0.25) is 0 Å². The molecule has 6 heteroatoms. The third-order valence-corrected chi connectivity index (χ3v) is 3.68. The Morgan fingerprint density at radius 3 is 2.57 bits per heavy atom. The number of aromatic nitrogens is 2. The highest BCUT2D eigenvalue weighted by Gasteiger charge is 2.27. The number of nitrogens with one attached hydrogen (secondary N) is 2. The van der Waals surface area contributed by atoms with Crippen molar-refractivity contribution in [2.24, 2.45) is 0 Å². The quantitative estimate of drug-likeness (QED) is 0.809. The maximum Gasteiger partial charge on any atom is 0.333 e. The highest BCUT2D eigenvalue weighted by Crippen LogP contribution is 2.26. The first kappa shape index (κ1) is 15.6. The molecule has 0 amide bonds. The minimum absolute atomic E-state index is 0.312. The van der Waals surface area contributed by atoms with Gasteiger partial charge in [0.1, 0.15) is 0 Å². The molecule has 1 atom stereocenters. The molecule has 0 bridgehead atoms. The second kappa shape index (κ2) is 6.76. The zero-order valence-corrected chi connectivity index (χ0v) is 13.8. The van der Waals surface area contributed by atoms with E-state index in [1.807, 2.05) is 38.1 Å². The summed E-state index contributed by atoms with van der Waals surface area (Å²) in [5.74, 6) is -0.312. The summed E-state index contributed by atoms with van der Waals surface area (Å²) in [7, 11) is 0. The van der Waals surface area contributed by atoms with E-state index in [-0.39, 0.29) is 5.97 Å². The Balaban J connectivity index is 2.32. The van der Waals surface area contributed by atoms with Gasteiger partial charge in [0.05, 0.1) is 12.3 Å². The highest BCUT2D eigenvalue weighted by atomic mass is 79.9. The number of H-pyrrole nitrogens is 1. The first-order chi connectivity index (χ1) is 10.0. The number of esters is 1. The molecule has 1 heterocycles. The van der Waals surface area contributed by atoms with Crippen molar-refractivity contribution < 1.29 is 9.53 Å². The molecular weight excluding hydrogens is 334 g/mol. The van der Waals surface area contributed by atoms with Gasteiger partial charge in [-0.15, -0.1) is 0 Å². The van der Waals surface area contributed by atoms with Gasteiger partial charge in [-0.25, -0.2) is 4.79 Å². The molecule has 0 aliphatic carbocycles. The molecule has 1 aromatic heterocycles. The van der Waals surface area contributed by atoms with E-state index in [0.717, 1.165) is 27.1 Å². The van der Waals surface area contributed by atoms with Crippen LogP contribution < -0.4 is 5.32 Å². The van der Waals surface area contributed by atoms with E-state index in [0.29, 0.717) is 6.61 Å². The van der Waals surface area contributed by atoms with Crippen LogP contribution in [0.3, 0.4) is 0 Å². The number of halogens is 1. The Bertz CT molecular complexity index is 603. The molecule has 112 valence electrons. The molecule has 0 aliphatic heterocycles. The fourth-order valence-corrected chi connectivity index (χ4v) is 2.44. The fraction of sp³-hybridized carbons (Fsp3) is 0.333. The molecule has 1 unspecified atom stereocenters. The lowest BCUT2D eigenvalue weighted by Crippen LogP contribution is -2.24. The van der Waals surface area contributed by atoms with E-state index in [1.54, 1.807) is 6.92 Å². The average molecular weight is 352 g/mol. The van der Waals surface area contributed by atoms with Gasteiger partial charge in [0.25, 0.3) is 0 Å². The van der Waals surface area contributed by atoms with Crippen molar-refractivity contribution in [1.29, 1.82) is 0 Å². The zero-order chi connectivity index (χ0) is 15.4. The van der Waals surface area contributed by atoms with Gasteiger partial charge >= 0.3 is 5.97 Å². The third-order valence-electron chi connectivity index (χ3n) is 3.15. The van der Waals surface area contributed by atoms with Gasteiger partial charge in [-0.1, -0.05) is 15.9 Å². The Morgan fingerprint density at radius 2 is 2.05 bits per heavy atom. The summed E-state index contributed by atoms with van der Waals surface area (Å²) in [6, 6.07) is 7.06. The minimum Gasteiger partial charge on any atom is -0.464 e. The zero-order valence-electron chi connectivity index (χ0n) is 12.2. The van der Waals surface area contributed by atoms with E-state index < -0.39 is 6.04 Å². The van der Waals surface area contributed by atoms with Gasteiger partial charge in [0.15, 0.2) is 6.04 Å². The molecule has 0 spiro atoms. The molecule has 2 rings (SSSR count). The number of aromatic amines is 1. The van der Waals surface area contributed by atoms with Gasteiger partial charge in [-0.2, -0.15) is 5.10 Å². The van der Waals surface area contributed by atoms with Crippen LogP contribution in [0.1, 0.15) is 29.9 Å². The summed E-state index contributed by atoms with van der Waals surface area (Å²) >= 11 is 3.39. The van der Waals surface area contributed by atoms with Gasteiger partial charge < -0.3 is 10.1 Å². The fourth-order valence-electron chi connectivity index (χ4n) is 2.17. The smallest absolute Gasteiger partial charge is 0.333 e. The van der Waals surface area contributed by atoms with Gasteiger partial charge in [-0.3, -0.25) is 5.10 Å². The van der Waals surface area contributed by atoms with Crippen LogP contribution in [0.15, 0.2) is 28.7 Å². The number of benzene rings is 1. The Hall–Kier alpha value is -1.82. The molecule has 2 aromatic rings. The first-order valence-corrected chi connectivity index (χ1v) is 7.52. The van der Waals surface area contributed by atoms with E-state index >= 15 is 0 Å². The number of carbonyl (C=O) groups excluding carboxylic acids is 1. The maximum atomic E-state index is 12.3. The van der Waals surface area contributed by atoms with Crippen LogP contribution in [-0.2, 0) is 9.53 Å². The van der Waals surface area contributed by atoms with Crippen molar-refractivity contribution in [2.75, 3.05) is 11.9 Å². The molecule has 0 radical (unpaired) electrons. The van der Waals surface area contributed by atoms with E-state index in [9.17, 15) is 4.79 Å². The van der Waals surface area contributed by atoms with Gasteiger partial charge in [0, 0.05) is 21.4 Å². The molecule has 2 N–H and O–H groups in total. The normalized spacial score (nSPS) is 12.0. The third kappa shape index (κ3) is 3.64. The molecule has 0 aliphatic rings. The lowest BCUT2D eigenvalue weighted by molar-refractivity contribution is -0.144. The van der Waals surface area contributed by atoms with Crippen molar-refractivity contribution in [3.63, 3.8) is 0 Å². The summed E-state index contributed by atoms with van der Waals surface area (Å²) in [4.78, 5) is 12.3. The summed E-state index contributed by atoms with van der Waals surface area (Å²) in [5.41, 5.74) is 3.32. The lowest BCUT2D eigenvalue weighted by Gasteiger charge is -2.19. The van der Waals surface area contributed by atoms with Crippen molar-refractivity contribution in [1.82, 2.24) is 10.2 Å². The highest BCUT2D eigenvalue weighted by molar-refractivity contribution is 9.10. The van der Waals surface area contributed by atoms with Crippen LogP contribution in [0.4, 0.5) is 5.69 Å².